The van der Waals surface area contributed by atoms with E-state index in [1.165, 1.54) is 0 Å². The van der Waals surface area contributed by atoms with Crippen LogP contribution in [0.5, 0.6) is 0 Å². The molecular weight excluding hydrogens is 264 g/mol. The minimum atomic E-state index is 0.409. The van der Waals surface area contributed by atoms with E-state index in [0.29, 0.717) is 6.10 Å². The average molecular weight is 292 g/mol. The van der Waals surface area contributed by atoms with Crippen LogP contribution in [0.25, 0.3) is 0 Å². The van der Waals surface area contributed by atoms with Crippen molar-refractivity contribution in [2.24, 2.45) is 0 Å². The van der Waals surface area contributed by atoms with E-state index in [1.54, 1.807) is 0 Å². The highest BCUT2D eigenvalue weighted by molar-refractivity contribution is 5.58. The Morgan fingerprint density at radius 3 is 2.52 bits per heavy atom. The van der Waals surface area contributed by atoms with Crippen molar-refractivity contribution in [3.8, 4) is 0 Å². The predicted octanol–water partition coefficient (Wildman–Crippen LogP) is 2.92. The molecule has 21 heavy (non-hydrogen) atoms. The van der Waals surface area contributed by atoms with Crippen molar-refractivity contribution in [2.75, 3.05) is 36.5 Å². The molecule has 1 aromatic rings. The number of piperidine rings is 1. The van der Waals surface area contributed by atoms with Gasteiger partial charge >= 0.3 is 0 Å². The minimum Gasteiger partial charge on any atom is -0.378 e. The first-order valence-corrected chi connectivity index (χ1v) is 8.11. The van der Waals surface area contributed by atoms with Crippen LogP contribution >= 0.6 is 0 Å². The number of aryl methyl sites for hydroxylation is 1. The SMILES string of the molecule is CCCNc1nc(C)nc(N2CCC(OCC)CC2)c1C. The Morgan fingerprint density at radius 1 is 1.19 bits per heavy atom. The molecule has 1 fully saturated rings. The topological polar surface area (TPSA) is 50.3 Å². The monoisotopic (exact) mass is 292 g/mol. The molecule has 0 unspecified atom stereocenters. The standard InChI is InChI=1S/C16H28N4O/c1-5-9-17-15-12(3)16(19-13(4)18-15)20-10-7-14(8-11-20)21-6-2/h14H,5-11H2,1-4H3,(H,17,18,19). The Balaban J connectivity index is 2.11. The van der Waals surface area contributed by atoms with Gasteiger partial charge < -0.3 is 15.0 Å². The molecule has 0 amide bonds. The zero-order chi connectivity index (χ0) is 15.2. The van der Waals surface area contributed by atoms with Gasteiger partial charge in [0.2, 0.25) is 0 Å². The molecule has 0 saturated carbocycles. The second kappa shape index (κ2) is 7.59. The molecule has 1 aromatic heterocycles. The molecule has 118 valence electrons. The molecule has 1 N–H and O–H groups in total. The Labute approximate surface area is 128 Å². The summed E-state index contributed by atoms with van der Waals surface area (Å²) in [7, 11) is 0. The first kappa shape index (κ1) is 16.0. The van der Waals surface area contributed by atoms with E-state index in [0.717, 1.165) is 68.5 Å². The van der Waals surface area contributed by atoms with Crippen molar-refractivity contribution in [3.05, 3.63) is 11.4 Å². The normalized spacial score (nSPS) is 16.3. The summed E-state index contributed by atoms with van der Waals surface area (Å²) in [4.78, 5) is 11.6. The zero-order valence-corrected chi connectivity index (χ0v) is 13.8. The average Bonchev–Trinajstić information content (AvgIpc) is 2.49. The Bertz CT molecular complexity index is 456. The van der Waals surface area contributed by atoms with Gasteiger partial charge in [-0.3, -0.25) is 0 Å². The maximum absolute atomic E-state index is 5.73. The lowest BCUT2D eigenvalue weighted by Gasteiger charge is -2.33. The van der Waals surface area contributed by atoms with Gasteiger partial charge in [0.05, 0.1) is 6.10 Å². The molecule has 2 rings (SSSR count). The Kier molecular flexibility index (Phi) is 5.79. The summed E-state index contributed by atoms with van der Waals surface area (Å²) in [6.07, 6.45) is 3.66. The lowest BCUT2D eigenvalue weighted by Crippen LogP contribution is -2.38. The number of rotatable bonds is 6. The number of nitrogens with one attached hydrogen (secondary N) is 1. The molecule has 5 nitrogen and oxygen atoms in total. The van der Waals surface area contributed by atoms with E-state index in [1.807, 2.05) is 6.92 Å². The number of aromatic nitrogens is 2. The van der Waals surface area contributed by atoms with Crippen LogP contribution in [0.3, 0.4) is 0 Å². The maximum atomic E-state index is 5.73. The highest BCUT2D eigenvalue weighted by Crippen LogP contribution is 2.26. The molecule has 5 heteroatoms. The van der Waals surface area contributed by atoms with Gasteiger partial charge in [-0.05, 0) is 40.0 Å². The van der Waals surface area contributed by atoms with Crippen molar-refractivity contribution in [3.63, 3.8) is 0 Å². The van der Waals surface area contributed by atoms with Crippen LogP contribution < -0.4 is 10.2 Å². The second-order valence-electron chi connectivity index (χ2n) is 5.64. The summed E-state index contributed by atoms with van der Waals surface area (Å²) in [5.41, 5.74) is 1.16. The van der Waals surface area contributed by atoms with Gasteiger partial charge in [0, 0.05) is 31.8 Å². The molecule has 0 atom stereocenters. The van der Waals surface area contributed by atoms with Crippen molar-refractivity contribution in [1.29, 1.82) is 0 Å². The molecule has 0 aliphatic carbocycles. The molecule has 0 radical (unpaired) electrons. The molecule has 0 spiro atoms. The number of hydrogen-bond donors (Lipinski definition) is 1. The molecule has 1 saturated heterocycles. The molecule has 1 aliphatic rings. The Hall–Kier alpha value is -1.36. The van der Waals surface area contributed by atoms with Gasteiger partial charge in [-0.2, -0.15) is 0 Å². The lowest BCUT2D eigenvalue weighted by atomic mass is 10.1. The van der Waals surface area contributed by atoms with E-state index in [4.69, 9.17) is 4.74 Å². The van der Waals surface area contributed by atoms with Crippen LogP contribution in [0.2, 0.25) is 0 Å². The molecular formula is C16H28N4O. The van der Waals surface area contributed by atoms with Crippen molar-refractivity contribution < 1.29 is 4.74 Å². The van der Waals surface area contributed by atoms with Gasteiger partial charge in [0.1, 0.15) is 17.5 Å². The molecule has 1 aliphatic heterocycles. The van der Waals surface area contributed by atoms with Crippen LogP contribution in [0.1, 0.15) is 44.5 Å². The van der Waals surface area contributed by atoms with E-state index in [9.17, 15) is 0 Å². The van der Waals surface area contributed by atoms with Gasteiger partial charge in [-0.25, -0.2) is 9.97 Å². The first-order valence-electron chi connectivity index (χ1n) is 8.11. The minimum absolute atomic E-state index is 0.409. The highest BCUT2D eigenvalue weighted by atomic mass is 16.5. The van der Waals surface area contributed by atoms with E-state index in [-0.39, 0.29) is 0 Å². The molecule has 2 heterocycles. The fourth-order valence-electron chi connectivity index (χ4n) is 2.81. The maximum Gasteiger partial charge on any atom is 0.137 e. The highest BCUT2D eigenvalue weighted by Gasteiger charge is 2.22. The first-order chi connectivity index (χ1) is 10.2. The molecule has 0 bridgehead atoms. The summed E-state index contributed by atoms with van der Waals surface area (Å²) < 4.78 is 5.73. The lowest BCUT2D eigenvalue weighted by molar-refractivity contribution is 0.0458. The van der Waals surface area contributed by atoms with E-state index >= 15 is 0 Å². The van der Waals surface area contributed by atoms with Crippen LogP contribution in [0.4, 0.5) is 11.6 Å². The summed E-state index contributed by atoms with van der Waals surface area (Å²) >= 11 is 0. The van der Waals surface area contributed by atoms with Crippen LogP contribution in [0.15, 0.2) is 0 Å². The number of ether oxygens (including phenoxy) is 1. The van der Waals surface area contributed by atoms with Crippen LogP contribution in [0, 0.1) is 13.8 Å². The zero-order valence-electron chi connectivity index (χ0n) is 13.8. The van der Waals surface area contributed by atoms with Gasteiger partial charge in [0.25, 0.3) is 0 Å². The Morgan fingerprint density at radius 2 is 1.90 bits per heavy atom. The van der Waals surface area contributed by atoms with Gasteiger partial charge in [0.15, 0.2) is 0 Å². The summed E-state index contributed by atoms with van der Waals surface area (Å²) in [6, 6.07) is 0. The second-order valence-corrected chi connectivity index (χ2v) is 5.64. The third kappa shape index (κ3) is 4.06. The largest absolute Gasteiger partial charge is 0.378 e. The van der Waals surface area contributed by atoms with Gasteiger partial charge in [-0.1, -0.05) is 6.92 Å². The van der Waals surface area contributed by atoms with Gasteiger partial charge in [-0.15, -0.1) is 0 Å². The fourth-order valence-corrected chi connectivity index (χ4v) is 2.81. The smallest absolute Gasteiger partial charge is 0.137 e. The van der Waals surface area contributed by atoms with Crippen molar-refractivity contribution in [2.45, 2.75) is 53.1 Å². The van der Waals surface area contributed by atoms with E-state index < -0.39 is 0 Å². The predicted molar refractivity (Wildman–Crippen MR) is 87.1 cm³/mol. The van der Waals surface area contributed by atoms with Crippen molar-refractivity contribution in [1.82, 2.24) is 9.97 Å². The van der Waals surface area contributed by atoms with Crippen molar-refractivity contribution >= 4 is 11.6 Å². The summed E-state index contributed by atoms with van der Waals surface area (Å²) in [5, 5.41) is 3.41. The molecule has 0 aromatic carbocycles. The fraction of sp³-hybridized carbons (Fsp3) is 0.750. The summed E-state index contributed by atoms with van der Waals surface area (Å²) in [5.74, 6) is 2.89. The number of anilines is 2. The number of nitrogens with zero attached hydrogens (tertiary/aromatic N) is 3. The van der Waals surface area contributed by atoms with E-state index in [2.05, 4.69) is 41.0 Å². The quantitative estimate of drug-likeness (QED) is 0.873. The third-order valence-corrected chi connectivity index (χ3v) is 3.92. The van der Waals surface area contributed by atoms with Crippen LogP contribution in [-0.2, 0) is 4.74 Å². The number of hydrogen-bond acceptors (Lipinski definition) is 5. The summed E-state index contributed by atoms with van der Waals surface area (Å²) in [6.45, 7) is 12.1. The third-order valence-electron chi connectivity index (χ3n) is 3.92. The van der Waals surface area contributed by atoms with Crippen LogP contribution in [-0.4, -0.2) is 42.3 Å².